The van der Waals surface area contributed by atoms with Gasteiger partial charge in [-0.05, 0) is 19.1 Å². The summed E-state index contributed by atoms with van der Waals surface area (Å²) in [6.07, 6.45) is 1.19. The van der Waals surface area contributed by atoms with Gasteiger partial charge in [0.05, 0.1) is 19.3 Å². The molecule has 0 aromatic rings. The van der Waals surface area contributed by atoms with Gasteiger partial charge in [-0.1, -0.05) is 0 Å². The third kappa shape index (κ3) is 6.28. The standard InChI is InChI=1S/C8H16N4O2/c1-8(2,4-6-13)14-7-5-12(3)11-10-9/h6H,4-5,7H2,1-3H3. The van der Waals surface area contributed by atoms with E-state index in [-0.39, 0.29) is 0 Å². The van der Waals surface area contributed by atoms with Crippen LogP contribution >= 0.6 is 0 Å². The van der Waals surface area contributed by atoms with Crippen LogP contribution in [0.2, 0.25) is 0 Å². The molecule has 0 N–H and O–H groups in total. The predicted octanol–water partition coefficient (Wildman–Crippen LogP) is 1.53. The Bertz CT molecular complexity index is 223. The Kier molecular flexibility index (Phi) is 5.67. The molecule has 6 heteroatoms. The first-order valence-electron chi connectivity index (χ1n) is 4.35. The molecule has 0 unspecified atom stereocenters. The summed E-state index contributed by atoms with van der Waals surface area (Å²) in [6.45, 7) is 4.62. The maximum absolute atomic E-state index is 10.3. The van der Waals surface area contributed by atoms with E-state index >= 15 is 0 Å². The quantitative estimate of drug-likeness (QED) is 0.205. The zero-order valence-electron chi connectivity index (χ0n) is 8.80. The van der Waals surface area contributed by atoms with Crippen molar-refractivity contribution in [3.05, 3.63) is 10.4 Å². The van der Waals surface area contributed by atoms with Gasteiger partial charge in [-0.25, -0.2) is 5.01 Å². The minimum absolute atomic E-state index is 0.359. The summed E-state index contributed by atoms with van der Waals surface area (Å²) in [7, 11) is 1.66. The van der Waals surface area contributed by atoms with Gasteiger partial charge in [-0.15, -0.1) is 5.53 Å². The van der Waals surface area contributed by atoms with Crippen molar-refractivity contribution in [2.75, 3.05) is 20.2 Å². The Labute approximate surface area is 83.4 Å². The third-order valence-corrected chi connectivity index (χ3v) is 1.68. The number of likely N-dealkylation sites (N-methyl/N-ethyl adjacent to an activating group) is 1. The molecular weight excluding hydrogens is 184 g/mol. The first-order chi connectivity index (χ1) is 6.52. The lowest BCUT2D eigenvalue weighted by Gasteiger charge is -2.22. The summed E-state index contributed by atoms with van der Waals surface area (Å²) >= 11 is 0. The van der Waals surface area contributed by atoms with Gasteiger partial charge >= 0.3 is 0 Å². The van der Waals surface area contributed by atoms with E-state index in [9.17, 15) is 4.79 Å². The highest BCUT2D eigenvalue weighted by atomic mass is 16.5. The molecule has 0 aromatic heterocycles. The summed E-state index contributed by atoms with van der Waals surface area (Å²) in [5.74, 6) is 0. The van der Waals surface area contributed by atoms with E-state index in [0.29, 0.717) is 19.6 Å². The van der Waals surface area contributed by atoms with Crippen LogP contribution in [0, 0.1) is 0 Å². The molecule has 0 aliphatic heterocycles. The fourth-order valence-corrected chi connectivity index (χ4v) is 0.827. The van der Waals surface area contributed by atoms with Gasteiger partial charge in [0, 0.05) is 6.42 Å². The van der Waals surface area contributed by atoms with Crippen LogP contribution in [0.5, 0.6) is 0 Å². The molecule has 0 fully saturated rings. The second-order valence-corrected chi connectivity index (χ2v) is 3.54. The molecule has 0 aliphatic carbocycles. The number of rotatable bonds is 7. The molecule has 6 nitrogen and oxygen atoms in total. The highest BCUT2D eigenvalue weighted by molar-refractivity contribution is 5.51. The van der Waals surface area contributed by atoms with Gasteiger partial charge in [0.25, 0.3) is 0 Å². The Morgan fingerprint density at radius 1 is 1.64 bits per heavy atom. The summed E-state index contributed by atoms with van der Waals surface area (Å²) in [6, 6.07) is 0. The van der Waals surface area contributed by atoms with Crippen LogP contribution in [-0.4, -0.2) is 37.1 Å². The lowest BCUT2D eigenvalue weighted by Crippen LogP contribution is -2.29. The number of azide groups is 1. The average molecular weight is 200 g/mol. The van der Waals surface area contributed by atoms with Gasteiger partial charge in [-0.3, -0.25) is 0 Å². The van der Waals surface area contributed by atoms with Gasteiger partial charge in [0.1, 0.15) is 12.8 Å². The molecule has 0 saturated heterocycles. The molecule has 0 rings (SSSR count). The first kappa shape index (κ1) is 12.7. The molecular formula is C8H16N4O2. The molecule has 0 aliphatic rings. The van der Waals surface area contributed by atoms with E-state index in [0.717, 1.165) is 6.29 Å². The fraction of sp³-hybridized carbons (Fsp3) is 0.875. The third-order valence-electron chi connectivity index (χ3n) is 1.68. The van der Waals surface area contributed by atoms with Crippen molar-refractivity contribution in [3.8, 4) is 0 Å². The van der Waals surface area contributed by atoms with Crippen molar-refractivity contribution in [3.63, 3.8) is 0 Å². The average Bonchev–Trinajstić information content (AvgIpc) is 2.03. The number of carbonyl (C=O) groups is 1. The maximum atomic E-state index is 10.3. The topological polar surface area (TPSA) is 78.3 Å². The second kappa shape index (κ2) is 6.23. The van der Waals surface area contributed by atoms with E-state index in [1.54, 1.807) is 7.05 Å². The fourth-order valence-electron chi connectivity index (χ4n) is 0.827. The van der Waals surface area contributed by atoms with Gasteiger partial charge in [-0.2, -0.15) is 4.91 Å². The lowest BCUT2D eigenvalue weighted by molar-refractivity contribution is -0.114. The summed E-state index contributed by atoms with van der Waals surface area (Å²) in [4.78, 5) is 12.9. The zero-order valence-corrected chi connectivity index (χ0v) is 8.80. The number of hydrogen-bond acceptors (Lipinski definition) is 3. The zero-order chi connectivity index (χ0) is 11.0. The Morgan fingerprint density at radius 3 is 2.79 bits per heavy atom. The second-order valence-electron chi connectivity index (χ2n) is 3.54. The van der Waals surface area contributed by atoms with Gasteiger partial charge in [0.15, 0.2) is 0 Å². The molecule has 0 amide bonds. The van der Waals surface area contributed by atoms with E-state index in [1.807, 2.05) is 13.8 Å². The van der Waals surface area contributed by atoms with Crippen molar-refractivity contribution in [2.45, 2.75) is 25.9 Å². The van der Waals surface area contributed by atoms with Crippen LogP contribution in [0.4, 0.5) is 0 Å². The van der Waals surface area contributed by atoms with Crippen LogP contribution in [0.25, 0.3) is 10.4 Å². The van der Waals surface area contributed by atoms with Crippen LogP contribution in [0.15, 0.2) is 5.22 Å². The predicted molar refractivity (Wildman–Crippen MR) is 52.5 cm³/mol. The van der Waals surface area contributed by atoms with Crippen LogP contribution in [0.1, 0.15) is 20.3 Å². The molecule has 0 radical (unpaired) electrons. The maximum Gasteiger partial charge on any atom is 0.122 e. The highest BCUT2D eigenvalue weighted by Crippen LogP contribution is 2.11. The summed E-state index contributed by atoms with van der Waals surface area (Å²) in [5, 5.41) is 4.80. The molecule has 0 spiro atoms. The van der Waals surface area contributed by atoms with Crippen LogP contribution in [0.3, 0.4) is 0 Å². The van der Waals surface area contributed by atoms with E-state index in [1.165, 1.54) is 5.01 Å². The highest BCUT2D eigenvalue weighted by Gasteiger charge is 2.17. The van der Waals surface area contributed by atoms with Crippen molar-refractivity contribution < 1.29 is 9.53 Å². The van der Waals surface area contributed by atoms with Gasteiger partial charge in [0.2, 0.25) is 0 Å². The van der Waals surface area contributed by atoms with Crippen molar-refractivity contribution in [1.29, 1.82) is 0 Å². The van der Waals surface area contributed by atoms with Gasteiger partial charge < -0.3 is 9.53 Å². The summed E-state index contributed by atoms with van der Waals surface area (Å²) < 4.78 is 5.43. The number of aldehydes is 1. The number of carbonyl (C=O) groups excluding carboxylic acids is 1. The Hall–Kier alpha value is -1.26. The van der Waals surface area contributed by atoms with Crippen LogP contribution in [-0.2, 0) is 9.53 Å². The molecule has 0 heterocycles. The minimum Gasteiger partial charge on any atom is -0.371 e. The van der Waals surface area contributed by atoms with Crippen molar-refractivity contribution in [2.24, 2.45) is 5.22 Å². The largest absolute Gasteiger partial charge is 0.371 e. The molecule has 80 valence electrons. The number of hydrogen-bond donors (Lipinski definition) is 0. The molecule has 14 heavy (non-hydrogen) atoms. The first-order valence-corrected chi connectivity index (χ1v) is 4.35. The Balaban J connectivity index is 3.72. The van der Waals surface area contributed by atoms with Crippen molar-refractivity contribution in [1.82, 2.24) is 5.01 Å². The molecule has 0 bridgehead atoms. The molecule has 0 saturated carbocycles. The normalized spacial score (nSPS) is 10.5. The minimum atomic E-state index is -0.445. The summed E-state index contributed by atoms with van der Waals surface area (Å²) in [5.41, 5.74) is 7.66. The van der Waals surface area contributed by atoms with E-state index in [2.05, 4.69) is 10.1 Å². The van der Waals surface area contributed by atoms with E-state index in [4.69, 9.17) is 10.3 Å². The Morgan fingerprint density at radius 2 is 2.29 bits per heavy atom. The molecule has 0 atom stereocenters. The van der Waals surface area contributed by atoms with Crippen LogP contribution < -0.4 is 0 Å². The monoisotopic (exact) mass is 200 g/mol. The lowest BCUT2D eigenvalue weighted by atomic mass is 10.1. The number of ether oxygens (including phenoxy) is 1. The smallest absolute Gasteiger partial charge is 0.122 e. The van der Waals surface area contributed by atoms with E-state index < -0.39 is 5.60 Å². The number of nitrogens with zero attached hydrogens (tertiary/aromatic N) is 4. The van der Waals surface area contributed by atoms with Crippen molar-refractivity contribution >= 4 is 6.29 Å². The molecule has 0 aromatic carbocycles. The SMILES string of the molecule is CN(CCOC(C)(C)CC=O)N=[N+]=[N-].